The van der Waals surface area contributed by atoms with Gasteiger partial charge in [0, 0.05) is 24.6 Å². The Balaban J connectivity index is 1.95. The monoisotopic (exact) mass is 319 g/mol. The van der Waals surface area contributed by atoms with Crippen LogP contribution in [0.4, 0.5) is 10.5 Å². The molecule has 0 aliphatic carbocycles. The van der Waals surface area contributed by atoms with E-state index in [1.165, 1.54) is 0 Å². The number of hydrogen-bond donors (Lipinski definition) is 3. The van der Waals surface area contributed by atoms with Gasteiger partial charge in [-0.05, 0) is 24.1 Å². The molecule has 2 amide bonds. The molecule has 2 rings (SSSR count). The maximum Gasteiger partial charge on any atom is 0.319 e. The molecule has 6 nitrogen and oxygen atoms in total. The van der Waals surface area contributed by atoms with Gasteiger partial charge < -0.3 is 20.2 Å². The molecule has 1 aromatic heterocycles. The van der Waals surface area contributed by atoms with Crippen molar-refractivity contribution < 1.29 is 14.3 Å². The molecule has 6 heteroatoms. The lowest BCUT2D eigenvalue weighted by Crippen LogP contribution is -2.44. The van der Waals surface area contributed by atoms with E-state index in [0.717, 1.165) is 0 Å². The number of aromatic nitrogens is 1. The number of fused-ring (bicyclic) bond motifs is 1. The summed E-state index contributed by atoms with van der Waals surface area (Å²) < 4.78 is 5.40. The molecule has 0 bridgehead atoms. The first-order valence-electron chi connectivity index (χ1n) is 7.79. The summed E-state index contributed by atoms with van der Waals surface area (Å²) in [6.07, 6.45) is -0.489. The van der Waals surface area contributed by atoms with Gasteiger partial charge in [-0.3, -0.25) is 0 Å². The number of carbonyl (C=O) groups excluding carboxylic acids is 1. The molecule has 3 N–H and O–H groups in total. The smallest absolute Gasteiger partial charge is 0.319 e. The Hall–Kier alpha value is -2.08. The zero-order valence-electron chi connectivity index (χ0n) is 14.3. The Morgan fingerprint density at radius 2 is 2.09 bits per heavy atom. The lowest BCUT2D eigenvalue weighted by Gasteiger charge is -2.33. The van der Waals surface area contributed by atoms with E-state index in [4.69, 9.17) is 4.42 Å². The first-order valence-corrected chi connectivity index (χ1v) is 7.79. The van der Waals surface area contributed by atoms with Crippen molar-refractivity contribution in [1.29, 1.82) is 0 Å². The topological polar surface area (TPSA) is 87.4 Å². The van der Waals surface area contributed by atoms with E-state index < -0.39 is 11.5 Å². The van der Waals surface area contributed by atoms with Crippen LogP contribution in [0, 0.1) is 18.3 Å². The third-order valence-corrected chi connectivity index (χ3v) is 3.89. The number of oxazole rings is 1. The van der Waals surface area contributed by atoms with Gasteiger partial charge in [-0.25, -0.2) is 9.78 Å². The summed E-state index contributed by atoms with van der Waals surface area (Å²) >= 11 is 0. The third-order valence-electron chi connectivity index (χ3n) is 3.89. The number of anilines is 1. The number of aryl methyl sites for hydroxylation is 1. The quantitative estimate of drug-likeness (QED) is 0.789. The fourth-order valence-electron chi connectivity index (χ4n) is 2.61. The number of urea groups is 1. The zero-order valence-corrected chi connectivity index (χ0v) is 14.3. The number of nitrogens with zero attached hydrogens (tertiary/aromatic N) is 1. The molecule has 0 fully saturated rings. The highest BCUT2D eigenvalue weighted by Crippen LogP contribution is 2.25. The van der Waals surface area contributed by atoms with Gasteiger partial charge in [0.25, 0.3) is 0 Å². The molecular weight excluding hydrogens is 294 g/mol. The van der Waals surface area contributed by atoms with Crippen LogP contribution < -0.4 is 10.6 Å². The number of carbonyl (C=O) groups is 1. The molecule has 1 aromatic carbocycles. The van der Waals surface area contributed by atoms with Crippen molar-refractivity contribution in [3.8, 4) is 0 Å². The third kappa shape index (κ3) is 4.22. The second-order valence-electron chi connectivity index (χ2n) is 6.90. The fraction of sp³-hybridized carbons (Fsp3) is 0.529. The number of nitrogens with one attached hydrogen (secondary N) is 2. The van der Waals surface area contributed by atoms with Gasteiger partial charge in [-0.15, -0.1) is 0 Å². The predicted molar refractivity (Wildman–Crippen MR) is 90.4 cm³/mol. The van der Waals surface area contributed by atoms with E-state index in [1.54, 1.807) is 25.1 Å². The van der Waals surface area contributed by atoms with Gasteiger partial charge >= 0.3 is 6.03 Å². The summed E-state index contributed by atoms with van der Waals surface area (Å²) in [6, 6.07) is 4.99. The number of hydrogen-bond acceptors (Lipinski definition) is 4. The molecule has 0 aliphatic rings. The highest BCUT2D eigenvalue weighted by atomic mass is 16.3. The summed E-state index contributed by atoms with van der Waals surface area (Å²) in [7, 11) is 0. The molecule has 1 atom stereocenters. The molecule has 0 radical (unpaired) electrons. The lowest BCUT2D eigenvalue weighted by molar-refractivity contribution is 0.0154. The molecule has 0 saturated carbocycles. The highest BCUT2D eigenvalue weighted by molar-refractivity contribution is 5.91. The van der Waals surface area contributed by atoms with Gasteiger partial charge in [-0.2, -0.15) is 0 Å². The molecule has 2 aromatic rings. The number of aliphatic hydroxyl groups excluding tert-OH is 1. The number of amides is 2. The molecule has 23 heavy (non-hydrogen) atoms. The van der Waals surface area contributed by atoms with Crippen LogP contribution in [0.3, 0.4) is 0 Å². The van der Waals surface area contributed by atoms with Crippen LogP contribution in [0.25, 0.3) is 11.1 Å². The molecular formula is C17H25N3O3. The van der Waals surface area contributed by atoms with Crippen LogP contribution in [-0.2, 0) is 0 Å². The van der Waals surface area contributed by atoms with Crippen molar-refractivity contribution in [2.45, 2.75) is 40.7 Å². The Kier molecular flexibility index (Phi) is 4.94. The van der Waals surface area contributed by atoms with Crippen molar-refractivity contribution in [2.24, 2.45) is 11.3 Å². The average Bonchev–Trinajstić information content (AvgIpc) is 2.83. The predicted octanol–water partition coefficient (Wildman–Crippen LogP) is 3.30. The van der Waals surface area contributed by atoms with Crippen molar-refractivity contribution >= 4 is 22.8 Å². The lowest BCUT2D eigenvalue weighted by atomic mass is 9.81. The van der Waals surface area contributed by atoms with Gasteiger partial charge in [0.1, 0.15) is 5.52 Å². The zero-order chi connectivity index (χ0) is 17.2. The van der Waals surface area contributed by atoms with Crippen LogP contribution in [0.15, 0.2) is 22.6 Å². The second kappa shape index (κ2) is 6.58. The summed E-state index contributed by atoms with van der Waals surface area (Å²) in [5.41, 5.74) is 1.63. The number of rotatable bonds is 5. The van der Waals surface area contributed by atoms with Crippen LogP contribution in [0.1, 0.15) is 33.6 Å². The largest absolute Gasteiger partial charge is 0.441 e. The highest BCUT2D eigenvalue weighted by Gasteiger charge is 2.30. The normalized spacial score (nSPS) is 13.3. The summed E-state index contributed by atoms with van der Waals surface area (Å²) in [5, 5.41) is 15.8. The first-order chi connectivity index (χ1) is 10.7. The van der Waals surface area contributed by atoms with E-state index in [9.17, 15) is 9.90 Å². The molecule has 0 spiro atoms. The molecule has 126 valence electrons. The maximum absolute atomic E-state index is 12.0. The van der Waals surface area contributed by atoms with E-state index in [0.29, 0.717) is 29.2 Å². The summed E-state index contributed by atoms with van der Waals surface area (Å²) in [6.45, 7) is 9.94. The number of aliphatic hydroxyl groups is 1. The van der Waals surface area contributed by atoms with Gasteiger partial charge in [0.2, 0.25) is 0 Å². The van der Waals surface area contributed by atoms with Crippen LogP contribution >= 0.6 is 0 Å². The van der Waals surface area contributed by atoms with E-state index in [1.807, 2.05) is 27.7 Å². The van der Waals surface area contributed by atoms with Crippen LogP contribution in [0.5, 0.6) is 0 Å². The van der Waals surface area contributed by atoms with Crippen molar-refractivity contribution in [2.75, 3.05) is 11.9 Å². The van der Waals surface area contributed by atoms with Crippen molar-refractivity contribution in [3.63, 3.8) is 0 Å². The van der Waals surface area contributed by atoms with E-state index in [2.05, 4.69) is 15.6 Å². The summed E-state index contributed by atoms with van der Waals surface area (Å²) in [5.74, 6) is 0.721. The SMILES string of the molecule is Cc1nc2cc(NC(=O)NCC(C)(C)C(O)C(C)C)ccc2o1. The Morgan fingerprint density at radius 1 is 1.39 bits per heavy atom. The Labute approximate surface area is 136 Å². The minimum Gasteiger partial charge on any atom is -0.441 e. The fourth-order valence-corrected chi connectivity index (χ4v) is 2.61. The minimum absolute atomic E-state index is 0.132. The Bertz CT molecular complexity index is 691. The van der Waals surface area contributed by atoms with E-state index >= 15 is 0 Å². The molecule has 1 heterocycles. The first kappa shape index (κ1) is 17.3. The average molecular weight is 319 g/mol. The Morgan fingerprint density at radius 3 is 2.74 bits per heavy atom. The molecule has 0 saturated heterocycles. The van der Waals surface area contributed by atoms with Crippen LogP contribution in [-0.4, -0.2) is 28.8 Å². The van der Waals surface area contributed by atoms with Gasteiger partial charge in [-0.1, -0.05) is 27.7 Å². The standard InChI is InChI=1S/C17H25N3O3/c1-10(2)15(21)17(4,5)9-18-16(22)20-12-6-7-14-13(8-12)19-11(3)23-14/h6-8,10,15,21H,9H2,1-5H3,(H2,18,20,22). The molecule has 0 aliphatic heterocycles. The maximum atomic E-state index is 12.0. The minimum atomic E-state index is -0.489. The second-order valence-corrected chi connectivity index (χ2v) is 6.90. The van der Waals surface area contributed by atoms with Gasteiger partial charge in [0.15, 0.2) is 11.5 Å². The van der Waals surface area contributed by atoms with Crippen molar-refractivity contribution in [3.05, 3.63) is 24.1 Å². The van der Waals surface area contributed by atoms with Gasteiger partial charge in [0.05, 0.1) is 6.10 Å². The van der Waals surface area contributed by atoms with Crippen LogP contribution in [0.2, 0.25) is 0 Å². The summed E-state index contributed by atoms with van der Waals surface area (Å²) in [4.78, 5) is 16.3. The van der Waals surface area contributed by atoms with Crippen molar-refractivity contribution in [1.82, 2.24) is 10.3 Å². The number of benzene rings is 1. The molecule has 1 unspecified atom stereocenters. The van der Waals surface area contributed by atoms with E-state index in [-0.39, 0.29) is 11.9 Å².